The number of methoxy groups -OCH3 is 1. The van der Waals surface area contributed by atoms with Gasteiger partial charge in [0.1, 0.15) is 5.60 Å². The lowest BCUT2D eigenvalue weighted by Crippen LogP contribution is -2.25. The van der Waals surface area contributed by atoms with Crippen LogP contribution >= 0.6 is 11.6 Å². The molecular formula is C8H11ClN2O2. The summed E-state index contributed by atoms with van der Waals surface area (Å²) in [5.41, 5.74) is -0.351. The number of halogens is 1. The van der Waals surface area contributed by atoms with E-state index < -0.39 is 0 Å². The quantitative estimate of drug-likeness (QED) is 0.737. The fourth-order valence-electron chi connectivity index (χ4n) is 1.86. The molecule has 0 atom stereocenters. The first-order valence-electron chi connectivity index (χ1n) is 4.32. The lowest BCUT2D eigenvalue weighted by molar-refractivity contribution is -0.0178. The van der Waals surface area contributed by atoms with E-state index in [0.717, 1.165) is 25.7 Å². The number of hydrogen-bond acceptors (Lipinski definition) is 4. The molecule has 2 rings (SSSR count). The SMILES string of the molecule is COC1(c2noc(Cl)n2)CCCC1. The van der Waals surface area contributed by atoms with Crippen molar-refractivity contribution in [3.63, 3.8) is 0 Å². The average Bonchev–Trinajstić information content (AvgIpc) is 2.73. The topological polar surface area (TPSA) is 48.2 Å². The lowest BCUT2D eigenvalue weighted by atomic mass is 10.0. The zero-order chi connectivity index (χ0) is 9.31. The number of hydrogen-bond donors (Lipinski definition) is 0. The molecular weight excluding hydrogens is 192 g/mol. The largest absolute Gasteiger partial charge is 0.370 e. The molecule has 5 heteroatoms. The molecule has 0 aromatic carbocycles. The Hall–Kier alpha value is -0.610. The Balaban J connectivity index is 2.30. The van der Waals surface area contributed by atoms with Gasteiger partial charge in [0.05, 0.1) is 0 Å². The van der Waals surface area contributed by atoms with E-state index in [1.807, 2.05) is 0 Å². The van der Waals surface area contributed by atoms with Crippen LogP contribution in [0.2, 0.25) is 5.35 Å². The third kappa shape index (κ3) is 1.44. The normalized spacial score (nSPS) is 20.8. The Labute approximate surface area is 81.2 Å². The summed E-state index contributed by atoms with van der Waals surface area (Å²) in [5.74, 6) is 0.581. The van der Waals surface area contributed by atoms with Gasteiger partial charge in [-0.05, 0) is 37.3 Å². The lowest BCUT2D eigenvalue weighted by Gasteiger charge is -2.22. The minimum atomic E-state index is -0.351. The van der Waals surface area contributed by atoms with Gasteiger partial charge in [-0.15, -0.1) is 0 Å². The molecule has 72 valence electrons. The van der Waals surface area contributed by atoms with Gasteiger partial charge in [0.15, 0.2) is 0 Å². The van der Waals surface area contributed by atoms with Crippen LogP contribution in [0.4, 0.5) is 0 Å². The highest BCUT2D eigenvalue weighted by Crippen LogP contribution is 2.40. The Morgan fingerprint density at radius 3 is 2.62 bits per heavy atom. The predicted molar refractivity (Wildman–Crippen MR) is 46.5 cm³/mol. The first-order valence-corrected chi connectivity index (χ1v) is 4.69. The highest BCUT2D eigenvalue weighted by Gasteiger charge is 2.40. The van der Waals surface area contributed by atoms with Crippen LogP contribution in [0.1, 0.15) is 31.5 Å². The Morgan fingerprint density at radius 1 is 1.46 bits per heavy atom. The average molecular weight is 203 g/mol. The number of rotatable bonds is 2. The van der Waals surface area contributed by atoms with Gasteiger partial charge in [-0.2, -0.15) is 4.98 Å². The summed E-state index contributed by atoms with van der Waals surface area (Å²) in [6.07, 6.45) is 4.17. The smallest absolute Gasteiger partial charge is 0.320 e. The van der Waals surface area contributed by atoms with Crippen molar-refractivity contribution in [2.75, 3.05) is 7.11 Å². The summed E-state index contributed by atoms with van der Waals surface area (Å²) >= 11 is 5.56. The van der Waals surface area contributed by atoms with Crippen molar-refractivity contribution in [2.45, 2.75) is 31.3 Å². The molecule has 13 heavy (non-hydrogen) atoms. The third-order valence-corrected chi connectivity index (χ3v) is 2.76. The van der Waals surface area contributed by atoms with Crippen LogP contribution in [-0.2, 0) is 10.3 Å². The van der Waals surface area contributed by atoms with E-state index in [4.69, 9.17) is 20.9 Å². The van der Waals surface area contributed by atoms with E-state index >= 15 is 0 Å². The maximum Gasteiger partial charge on any atom is 0.320 e. The minimum absolute atomic E-state index is 0.0818. The van der Waals surface area contributed by atoms with Crippen molar-refractivity contribution < 1.29 is 9.26 Å². The van der Waals surface area contributed by atoms with E-state index in [1.54, 1.807) is 7.11 Å². The van der Waals surface area contributed by atoms with Crippen LogP contribution in [0.5, 0.6) is 0 Å². The van der Waals surface area contributed by atoms with Gasteiger partial charge in [-0.3, -0.25) is 0 Å². The molecule has 4 nitrogen and oxygen atoms in total. The van der Waals surface area contributed by atoms with Gasteiger partial charge >= 0.3 is 5.35 Å². The maximum absolute atomic E-state index is 5.56. The standard InChI is InChI=1S/C8H11ClN2O2/c1-12-8(4-2-3-5-8)6-10-7(9)13-11-6/h2-5H2,1H3. The second-order valence-electron chi connectivity index (χ2n) is 3.28. The molecule has 0 N–H and O–H groups in total. The number of ether oxygens (including phenoxy) is 1. The molecule has 1 fully saturated rings. The van der Waals surface area contributed by atoms with Crippen LogP contribution in [0.15, 0.2) is 4.52 Å². The van der Waals surface area contributed by atoms with Gasteiger partial charge < -0.3 is 9.26 Å². The summed E-state index contributed by atoms with van der Waals surface area (Å²) < 4.78 is 10.2. The van der Waals surface area contributed by atoms with E-state index in [-0.39, 0.29) is 11.0 Å². The molecule has 0 saturated heterocycles. The molecule has 0 amide bonds. The number of nitrogens with zero attached hydrogens (tertiary/aromatic N) is 2. The fraction of sp³-hybridized carbons (Fsp3) is 0.750. The number of aromatic nitrogens is 2. The van der Waals surface area contributed by atoms with Crippen molar-refractivity contribution >= 4 is 11.6 Å². The van der Waals surface area contributed by atoms with Gasteiger partial charge in [0.25, 0.3) is 0 Å². The summed E-state index contributed by atoms with van der Waals surface area (Å²) in [7, 11) is 1.68. The molecule has 1 aliphatic rings. The Bertz CT molecular complexity index is 294. The van der Waals surface area contributed by atoms with Gasteiger partial charge in [-0.25, -0.2) is 0 Å². The van der Waals surface area contributed by atoms with Crippen molar-refractivity contribution in [1.82, 2.24) is 10.1 Å². The van der Waals surface area contributed by atoms with Gasteiger partial charge in [-0.1, -0.05) is 5.16 Å². The fourth-order valence-corrected chi connectivity index (χ4v) is 1.97. The van der Waals surface area contributed by atoms with Gasteiger partial charge in [0, 0.05) is 7.11 Å². The zero-order valence-corrected chi connectivity index (χ0v) is 8.17. The molecule has 1 aliphatic carbocycles. The monoisotopic (exact) mass is 202 g/mol. The van der Waals surface area contributed by atoms with E-state index in [9.17, 15) is 0 Å². The highest BCUT2D eigenvalue weighted by atomic mass is 35.5. The Morgan fingerprint density at radius 2 is 2.15 bits per heavy atom. The first-order chi connectivity index (χ1) is 6.27. The molecule has 0 bridgehead atoms. The van der Waals surface area contributed by atoms with Crippen LogP contribution in [0.25, 0.3) is 0 Å². The highest BCUT2D eigenvalue weighted by molar-refractivity contribution is 6.27. The van der Waals surface area contributed by atoms with Crippen LogP contribution in [0, 0.1) is 0 Å². The van der Waals surface area contributed by atoms with Crippen molar-refractivity contribution in [3.8, 4) is 0 Å². The summed E-state index contributed by atoms with van der Waals surface area (Å²) in [6, 6.07) is 0. The molecule has 0 spiro atoms. The zero-order valence-electron chi connectivity index (χ0n) is 7.42. The molecule has 0 aliphatic heterocycles. The molecule has 0 radical (unpaired) electrons. The van der Waals surface area contributed by atoms with Gasteiger partial charge in [0.2, 0.25) is 5.82 Å². The molecule has 1 aromatic heterocycles. The van der Waals surface area contributed by atoms with E-state index in [1.165, 1.54) is 0 Å². The van der Waals surface area contributed by atoms with Crippen molar-refractivity contribution in [2.24, 2.45) is 0 Å². The Kier molecular flexibility index (Phi) is 2.26. The van der Waals surface area contributed by atoms with Crippen LogP contribution in [0.3, 0.4) is 0 Å². The summed E-state index contributed by atoms with van der Waals surface area (Å²) in [4.78, 5) is 4.00. The first kappa shape index (κ1) is 8.97. The maximum atomic E-state index is 5.56. The molecule has 1 aromatic rings. The summed E-state index contributed by atoms with van der Waals surface area (Å²) in [5, 5.41) is 3.88. The van der Waals surface area contributed by atoms with Crippen molar-refractivity contribution in [1.29, 1.82) is 0 Å². The predicted octanol–water partition coefficient (Wildman–Crippen LogP) is 2.14. The molecule has 1 saturated carbocycles. The van der Waals surface area contributed by atoms with E-state index in [2.05, 4.69) is 10.1 Å². The molecule has 1 heterocycles. The second kappa shape index (κ2) is 3.27. The molecule has 0 unspecified atom stereocenters. The minimum Gasteiger partial charge on any atom is -0.370 e. The van der Waals surface area contributed by atoms with E-state index in [0.29, 0.717) is 5.82 Å². The van der Waals surface area contributed by atoms with Crippen LogP contribution in [-0.4, -0.2) is 17.3 Å². The summed E-state index contributed by atoms with van der Waals surface area (Å²) in [6.45, 7) is 0. The van der Waals surface area contributed by atoms with Crippen LogP contribution < -0.4 is 0 Å². The van der Waals surface area contributed by atoms with Crippen molar-refractivity contribution in [3.05, 3.63) is 11.2 Å². The second-order valence-corrected chi connectivity index (χ2v) is 3.60. The third-order valence-electron chi connectivity index (χ3n) is 2.61.